The molecule has 2 fully saturated rings. The largest absolute Gasteiger partial charge is 0.372 e. The van der Waals surface area contributed by atoms with Crippen LogP contribution in [0.5, 0.6) is 0 Å². The summed E-state index contributed by atoms with van der Waals surface area (Å²) in [5, 5.41) is 8.84. The van der Waals surface area contributed by atoms with E-state index in [1.54, 1.807) is 12.1 Å². The van der Waals surface area contributed by atoms with E-state index < -0.39 is 0 Å². The van der Waals surface area contributed by atoms with E-state index in [0.717, 1.165) is 12.8 Å². The molecule has 0 bridgehead atoms. The Balaban J connectivity index is 1.60. The molecule has 2 atom stereocenters. The molecule has 2 heterocycles. The van der Waals surface area contributed by atoms with Crippen LogP contribution in [0.2, 0.25) is 0 Å². The highest BCUT2D eigenvalue weighted by Gasteiger charge is 2.33. The number of hydrogen-bond acceptors (Lipinski definition) is 4. The quantitative estimate of drug-likeness (QED) is 0.827. The molecule has 2 unspecified atom stereocenters. The average Bonchev–Trinajstić information content (AvgIpc) is 2.60. The van der Waals surface area contributed by atoms with Crippen LogP contribution in [0.15, 0.2) is 18.2 Å². The van der Waals surface area contributed by atoms with E-state index in [1.807, 2.05) is 29.7 Å². The van der Waals surface area contributed by atoms with Gasteiger partial charge in [0.25, 0.3) is 0 Å². The van der Waals surface area contributed by atoms with Crippen LogP contribution < -0.4 is 4.90 Å². The van der Waals surface area contributed by atoms with E-state index in [0.29, 0.717) is 37.4 Å². The van der Waals surface area contributed by atoms with Crippen molar-refractivity contribution in [2.45, 2.75) is 38.9 Å². The van der Waals surface area contributed by atoms with Gasteiger partial charge in [0.2, 0.25) is 5.91 Å². The number of ether oxygens (including phenoxy) is 1. The van der Waals surface area contributed by atoms with Crippen LogP contribution in [0.25, 0.3) is 0 Å². The predicted molar refractivity (Wildman–Crippen MR) is 92.6 cm³/mol. The summed E-state index contributed by atoms with van der Waals surface area (Å²) in [5.74, 6) is -0.184. The number of morpholine rings is 1. The van der Waals surface area contributed by atoms with E-state index in [-0.39, 0.29) is 29.9 Å². The van der Waals surface area contributed by atoms with Crippen molar-refractivity contribution < 1.29 is 13.9 Å². The third-order valence-electron chi connectivity index (χ3n) is 4.99. The maximum atomic E-state index is 14.2. The topological polar surface area (TPSA) is 56.6 Å². The van der Waals surface area contributed by atoms with Crippen molar-refractivity contribution in [3.05, 3.63) is 29.6 Å². The molecule has 2 aliphatic heterocycles. The van der Waals surface area contributed by atoms with Crippen LogP contribution in [-0.4, -0.2) is 49.2 Å². The highest BCUT2D eigenvalue weighted by Crippen LogP contribution is 2.28. The second-order valence-electron chi connectivity index (χ2n) is 7.04. The van der Waals surface area contributed by atoms with E-state index in [2.05, 4.69) is 0 Å². The van der Waals surface area contributed by atoms with Gasteiger partial charge < -0.3 is 14.5 Å². The molecule has 0 N–H and O–H groups in total. The Morgan fingerprint density at radius 2 is 1.88 bits per heavy atom. The third kappa shape index (κ3) is 3.93. The summed E-state index contributed by atoms with van der Waals surface area (Å²) in [6.45, 7) is 6.57. The number of carbonyl (C=O) groups excluding carboxylic acids is 1. The smallest absolute Gasteiger partial charge is 0.225 e. The van der Waals surface area contributed by atoms with E-state index >= 15 is 0 Å². The molecule has 25 heavy (non-hydrogen) atoms. The molecule has 1 aromatic rings. The van der Waals surface area contributed by atoms with Gasteiger partial charge in [0, 0.05) is 32.1 Å². The van der Waals surface area contributed by atoms with Gasteiger partial charge in [-0.15, -0.1) is 0 Å². The van der Waals surface area contributed by atoms with Crippen molar-refractivity contribution in [1.29, 1.82) is 5.26 Å². The highest BCUT2D eigenvalue weighted by molar-refractivity contribution is 5.79. The van der Waals surface area contributed by atoms with Crippen LogP contribution >= 0.6 is 0 Å². The molecule has 1 amide bonds. The number of amides is 1. The van der Waals surface area contributed by atoms with Gasteiger partial charge in [-0.3, -0.25) is 4.79 Å². The number of nitriles is 1. The number of piperidine rings is 1. The van der Waals surface area contributed by atoms with Gasteiger partial charge in [0.1, 0.15) is 5.82 Å². The summed E-state index contributed by atoms with van der Waals surface area (Å²) >= 11 is 0. The summed E-state index contributed by atoms with van der Waals surface area (Å²) in [5.41, 5.74) is 0.834. The Hall–Kier alpha value is -2.13. The number of benzene rings is 1. The fourth-order valence-electron chi connectivity index (χ4n) is 3.82. The summed E-state index contributed by atoms with van der Waals surface area (Å²) in [6.07, 6.45) is 1.58. The van der Waals surface area contributed by atoms with Gasteiger partial charge in [-0.1, -0.05) is 0 Å². The fourth-order valence-corrected chi connectivity index (χ4v) is 3.82. The molecule has 0 spiro atoms. The molecular weight excluding hydrogens is 321 g/mol. The predicted octanol–water partition coefficient (Wildman–Crippen LogP) is 2.55. The molecule has 6 heteroatoms. The molecule has 0 radical (unpaired) electrons. The van der Waals surface area contributed by atoms with E-state index in [1.165, 1.54) is 6.07 Å². The van der Waals surface area contributed by atoms with Gasteiger partial charge in [0.15, 0.2) is 0 Å². The lowest BCUT2D eigenvalue weighted by Gasteiger charge is -2.39. The second-order valence-corrected chi connectivity index (χ2v) is 7.04. The molecule has 0 aromatic heterocycles. The van der Waals surface area contributed by atoms with Gasteiger partial charge in [-0.25, -0.2) is 4.39 Å². The zero-order valence-corrected chi connectivity index (χ0v) is 14.7. The standard InChI is InChI=1S/C19H24FN3O2/c1-13-11-23(12-14(2)25-13)19(24)16-5-7-22(8-6-16)18-4-3-15(10-21)9-17(18)20/h3-4,9,13-14,16H,5-8,11-12H2,1-2H3. The van der Waals surface area contributed by atoms with Crippen molar-refractivity contribution in [2.75, 3.05) is 31.1 Å². The van der Waals surface area contributed by atoms with Crippen LogP contribution in [0.4, 0.5) is 10.1 Å². The summed E-state index contributed by atoms with van der Waals surface area (Å²) in [6, 6.07) is 6.50. The van der Waals surface area contributed by atoms with Crippen molar-refractivity contribution >= 4 is 11.6 Å². The second kappa shape index (κ2) is 7.40. The lowest BCUT2D eigenvalue weighted by molar-refractivity contribution is -0.148. The Morgan fingerprint density at radius 1 is 1.24 bits per heavy atom. The van der Waals surface area contributed by atoms with Gasteiger partial charge in [-0.05, 0) is 44.9 Å². The first-order valence-corrected chi connectivity index (χ1v) is 8.86. The van der Waals surface area contributed by atoms with Crippen LogP contribution in [-0.2, 0) is 9.53 Å². The lowest BCUT2D eigenvalue weighted by atomic mass is 9.94. The summed E-state index contributed by atoms with van der Waals surface area (Å²) in [7, 11) is 0. The molecule has 0 saturated carbocycles. The first-order chi connectivity index (χ1) is 12.0. The zero-order valence-electron chi connectivity index (χ0n) is 14.7. The minimum Gasteiger partial charge on any atom is -0.372 e. The first kappa shape index (κ1) is 17.7. The molecule has 0 aliphatic carbocycles. The summed E-state index contributed by atoms with van der Waals surface area (Å²) in [4.78, 5) is 16.7. The van der Waals surface area contributed by atoms with Crippen molar-refractivity contribution in [2.24, 2.45) is 5.92 Å². The molecule has 134 valence electrons. The van der Waals surface area contributed by atoms with Crippen molar-refractivity contribution in [1.82, 2.24) is 4.90 Å². The average molecular weight is 345 g/mol. The lowest BCUT2D eigenvalue weighted by Crippen LogP contribution is -2.51. The number of hydrogen-bond donors (Lipinski definition) is 0. The Bertz CT molecular complexity index is 670. The SMILES string of the molecule is CC1CN(C(=O)C2CCN(c3ccc(C#N)cc3F)CC2)CC(C)O1. The molecule has 2 aliphatic rings. The third-order valence-corrected chi connectivity index (χ3v) is 4.99. The van der Waals surface area contributed by atoms with Gasteiger partial charge in [-0.2, -0.15) is 5.26 Å². The fraction of sp³-hybridized carbons (Fsp3) is 0.579. The molecule has 5 nitrogen and oxygen atoms in total. The normalized spacial score (nSPS) is 24.9. The Morgan fingerprint density at radius 3 is 2.44 bits per heavy atom. The number of carbonyl (C=O) groups is 1. The molecular formula is C19H24FN3O2. The number of rotatable bonds is 2. The summed E-state index contributed by atoms with van der Waals surface area (Å²) < 4.78 is 19.9. The van der Waals surface area contributed by atoms with Crippen LogP contribution in [0, 0.1) is 23.1 Å². The minimum absolute atomic E-state index is 0.00445. The molecule has 3 rings (SSSR count). The minimum atomic E-state index is -0.375. The van der Waals surface area contributed by atoms with Crippen LogP contribution in [0.1, 0.15) is 32.3 Å². The first-order valence-electron chi connectivity index (χ1n) is 8.86. The van der Waals surface area contributed by atoms with Crippen LogP contribution in [0.3, 0.4) is 0 Å². The monoisotopic (exact) mass is 345 g/mol. The number of anilines is 1. The number of halogens is 1. The maximum absolute atomic E-state index is 14.2. The zero-order chi connectivity index (χ0) is 18.0. The van der Waals surface area contributed by atoms with E-state index in [9.17, 15) is 9.18 Å². The molecule has 1 aromatic carbocycles. The molecule has 2 saturated heterocycles. The van der Waals surface area contributed by atoms with Crippen molar-refractivity contribution in [3.63, 3.8) is 0 Å². The van der Waals surface area contributed by atoms with E-state index in [4.69, 9.17) is 10.00 Å². The Labute approximate surface area is 148 Å². The highest BCUT2D eigenvalue weighted by atomic mass is 19.1. The van der Waals surface area contributed by atoms with Gasteiger partial charge >= 0.3 is 0 Å². The van der Waals surface area contributed by atoms with Crippen molar-refractivity contribution in [3.8, 4) is 6.07 Å². The number of nitrogens with zero attached hydrogens (tertiary/aromatic N) is 3. The Kier molecular flexibility index (Phi) is 5.24. The van der Waals surface area contributed by atoms with Gasteiger partial charge in [0.05, 0.1) is 29.5 Å². The maximum Gasteiger partial charge on any atom is 0.225 e.